The van der Waals surface area contributed by atoms with Gasteiger partial charge in [-0.2, -0.15) is 0 Å². The van der Waals surface area contributed by atoms with E-state index in [-0.39, 0.29) is 22.5 Å². The molecule has 3 rings (SSSR count). The molecule has 2 fully saturated rings. The molecule has 2 aliphatic carbocycles. The van der Waals surface area contributed by atoms with Gasteiger partial charge in [0.25, 0.3) is 9.05 Å². The Labute approximate surface area is 128 Å². The summed E-state index contributed by atoms with van der Waals surface area (Å²) < 4.78 is 27.8. The summed E-state index contributed by atoms with van der Waals surface area (Å²) in [5.41, 5.74) is 0.519. The number of hydrogen-bond donors (Lipinski definition) is 1. The summed E-state index contributed by atoms with van der Waals surface area (Å²) in [7, 11) is 2.82. The highest BCUT2D eigenvalue weighted by Gasteiger charge is 2.56. The van der Waals surface area contributed by atoms with Crippen molar-refractivity contribution in [3.8, 4) is 5.75 Å². The first kappa shape index (κ1) is 14.7. The Balaban J connectivity index is 1.76. The van der Waals surface area contributed by atoms with Gasteiger partial charge >= 0.3 is 0 Å². The van der Waals surface area contributed by atoms with Gasteiger partial charge in [0.2, 0.25) is 5.91 Å². The Morgan fingerprint density at radius 3 is 2.57 bits per heavy atom. The molecule has 0 aliphatic heterocycles. The molecule has 2 atom stereocenters. The number of anilines is 1. The molecule has 0 heterocycles. The van der Waals surface area contributed by atoms with E-state index in [0.717, 1.165) is 12.8 Å². The minimum Gasteiger partial charge on any atom is -0.495 e. The predicted molar refractivity (Wildman–Crippen MR) is 79.0 cm³/mol. The van der Waals surface area contributed by atoms with Gasteiger partial charge in [-0.3, -0.25) is 4.79 Å². The largest absolute Gasteiger partial charge is 0.495 e. The van der Waals surface area contributed by atoms with E-state index in [4.69, 9.17) is 15.4 Å². The molecule has 2 aliphatic rings. The molecule has 7 heteroatoms. The second kappa shape index (κ2) is 5.18. The Bertz CT molecular complexity index is 678. The Morgan fingerprint density at radius 2 is 2.00 bits per heavy atom. The van der Waals surface area contributed by atoms with Gasteiger partial charge in [-0.05, 0) is 36.8 Å². The Morgan fingerprint density at radius 1 is 1.33 bits per heavy atom. The number of halogens is 1. The van der Waals surface area contributed by atoms with Crippen LogP contribution in [0.25, 0.3) is 0 Å². The number of benzene rings is 1. The van der Waals surface area contributed by atoms with E-state index in [0.29, 0.717) is 17.5 Å². The number of carbonyl (C=O) groups is 1. The smallest absolute Gasteiger partial charge is 0.264 e. The lowest BCUT2D eigenvalue weighted by molar-refractivity contribution is -0.118. The van der Waals surface area contributed by atoms with Crippen molar-refractivity contribution in [2.24, 2.45) is 17.8 Å². The zero-order valence-electron chi connectivity index (χ0n) is 11.5. The maximum atomic E-state index is 12.2. The summed E-state index contributed by atoms with van der Waals surface area (Å²) in [6, 6.07) is 4.34. The van der Waals surface area contributed by atoms with Gasteiger partial charge in [0.05, 0.1) is 7.11 Å². The molecule has 1 N–H and O–H groups in total. The fourth-order valence-corrected chi connectivity index (χ4v) is 4.38. The molecule has 1 amide bonds. The number of rotatable bonds is 4. The third kappa shape index (κ3) is 2.74. The normalized spacial score (nSPS) is 27.0. The molecule has 21 heavy (non-hydrogen) atoms. The number of amides is 1. The zero-order chi connectivity index (χ0) is 15.2. The van der Waals surface area contributed by atoms with E-state index >= 15 is 0 Å². The highest BCUT2D eigenvalue weighted by atomic mass is 35.7. The maximum Gasteiger partial charge on any atom is 0.264 e. The second-order valence-electron chi connectivity index (χ2n) is 5.58. The summed E-state index contributed by atoms with van der Waals surface area (Å²) in [4.78, 5) is 12.1. The molecular weight excluding hydrogens is 314 g/mol. The summed E-state index contributed by atoms with van der Waals surface area (Å²) in [5, 5.41) is 2.83. The number of fused-ring (bicyclic) bond motifs is 1. The Hall–Kier alpha value is -1.27. The average Bonchev–Trinajstić information content (AvgIpc) is 2.91. The van der Waals surface area contributed by atoms with Gasteiger partial charge in [-0.15, -0.1) is 0 Å². The van der Waals surface area contributed by atoms with E-state index in [1.807, 2.05) is 0 Å². The van der Waals surface area contributed by atoms with Crippen molar-refractivity contribution in [1.82, 2.24) is 0 Å². The minimum absolute atomic E-state index is 0.00762. The number of carbonyl (C=O) groups excluding carboxylic acids is 1. The lowest BCUT2D eigenvalue weighted by Gasteiger charge is -2.10. The predicted octanol–water partition coefficient (Wildman–Crippen LogP) is 2.61. The molecule has 0 saturated heterocycles. The summed E-state index contributed by atoms with van der Waals surface area (Å²) >= 11 is 0. The minimum atomic E-state index is -3.87. The van der Waals surface area contributed by atoms with Crippen LogP contribution in [0.3, 0.4) is 0 Å². The third-order valence-corrected chi connectivity index (χ3v) is 5.76. The first-order valence-corrected chi connectivity index (χ1v) is 9.16. The molecule has 0 bridgehead atoms. The highest BCUT2D eigenvalue weighted by Crippen LogP contribution is 2.57. The van der Waals surface area contributed by atoms with Crippen LogP contribution in [-0.2, 0) is 13.8 Å². The lowest BCUT2D eigenvalue weighted by atomic mass is 10.1. The van der Waals surface area contributed by atoms with Crippen LogP contribution >= 0.6 is 10.7 Å². The van der Waals surface area contributed by atoms with Crippen LogP contribution in [0.2, 0.25) is 0 Å². The molecular formula is C14H16ClNO4S. The van der Waals surface area contributed by atoms with E-state index in [1.165, 1.54) is 31.7 Å². The van der Waals surface area contributed by atoms with Gasteiger partial charge in [0, 0.05) is 28.4 Å². The van der Waals surface area contributed by atoms with Gasteiger partial charge < -0.3 is 10.1 Å². The van der Waals surface area contributed by atoms with Gasteiger partial charge in [-0.25, -0.2) is 8.42 Å². The molecule has 2 unspecified atom stereocenters. The standard InChI is InChI=1S/C14H16ClNO4S/c1-20-11-7-8(5-6-12(11)21(15,18)19)16-14(17)13-9-3-2-4-10(9)13/h5-7,9-10,13H,2-4H2,1H3,(H,16,17). The van der Waals surface area contributed by atoms with Crippen molar-refractivity contribution in [1.29, 1.82) is 0 Å². The molecule has 1 aromatic carbocycles. The number of hydrogen-bond acceptors (Lipinski definition) is 4. The van der Waals surface area contributed by atoms with Crippen molar-refractivity contribution < 1.29 is 17.9 Å². The molecule has 0 radical (unpaired) electrons. The van der Waals surface area contributed by atoms with Crippen LogP contribution < -0.4 is 10.1 Å². The van der Waals surface area contributed by atoms with Crippen molar-refractivity contribution in [2.45, 2.75) is 24.2 Å². The van der Waals surface area contributed by atoms with E-state index in [1.54, 1.807) is 0 Å². The lowest BCUT2D eigenvalue weighted by Crippen LogP contribution is -2.16. The molecule has 5 nitrogen and oxygen atoms in total. The average molecular weight is 330 g/mol. The van der Waals surface area contributed by atoms with Gasteiger partial charge in [0.15, 0.2) is 0 Å². The SMILES string of the molecule is COc1cc(NC(=O)C2C3CCCC32)ccc1S(=O)(=O)Cl. The van der Waals surface area contributed by atoms with Gasteiger partial charge in [-0.1, -0.05) is 6.42 Å². The monoisotopic (exact) mass is 329 g/mol. The maximum absolute atomic E-state index is 12.2. The fourth-order valence-electron chi connectivity index (χ4n) is 3.38. The number of nitrogens with one attached hydrogen (secondary N) is 1. The van der Waals surface area contributed by atoms with Crippen molar-refractivity contribution in [3.63, 3.8) is 0 Å². The molecule has 2 saturated carbocycles. The van der Waals surface area contributed by atoms with Crippen LogP contribution in [-0.4, -0.2) is 21.4 Å². The van der Waals surface area contributed by atoms with Crippen LogP contribution in [0.1, 0.15) is 19.3 Å². The van der Waals surface area contributed by atoms with E-state index in [2.05, 4.69) is 5.32 Å². The van der Waals surface area contributed by atoms with E-state index < -0.39 is 9.05 Å². The number of ether oxygens (including phenoxy) is 1. The highest BCUT2D eigenvalue weighted by molar-refractivity contribution is 8.13. The molecule has 0 spiro atoms. The molecule has 114 valence electrons. The second-order valence-corrected chi connectivity index (χ2v) is 8.11. The van der Waals surface area contributed by atoms with Crippen molar-refractivity contribution in [3.05, 3.63) is 18.2 Å². The zero-order valence-corrected chi connectivity index (χ0v) is 13.1. The number of methoxy groups -OCH3 is 1. The third-order valence-electron chi connectivity index (χ3n) is 4.40. The fraction of sp³-hybridized carbons (Fsp3) is 0.500. The summed E-state index contributed by atoms with van der Waals surface area (Å²) in [5.74, 6) is 1.32. The van der Waals surface area contributed by atoms with Crippen molar-refractivity contribution >= 4 is 31.3 Å². The first-order valence-electron chi connectivity index (χ1n) is 6.85. The quantitative estimate of drug-likeness (QED) is 0.862. The van der Waals surface area contributed by atoms with Crippen LogP contribution in [0.5, 0.6) is 5.75 Å². The topological polar surface area (TPSA) is 72.5 Å². The molecule has 0 aromatic heterocycles. The van der Waals surface area contributed by atoms with Crippen molar-refractivity contribution in [2.75, 3.05) is 12.4 Å². The first-order chi connectivity index (χ1) is 9.91. The van der Waals surface area contributed by atoms with Crippen LogP contribution in [0.4, 0.5) is 5.69 Å². The van der Waals surface area contributed by atoms with Crippen LogP contribution in [0.15, 0.2) is 23.1 Å². The Kier molecular flexibility index (Phi) is 3.61. The van der Waals surface area contributed by atoms with E-state index in [9.17, 15) is 13.2 Å². The van der Waals surface area contributed by atoms with Gasteiger partial charge in [0.1, 0.15) is 10.6 Å². The summed E-state index contributed by atoms with van der Waals surface area (Å²) in [6.07, 6.45) is 3.49. The van der Waals surface area contributed by atoms with Crippen LogP contribution in [0, 0.1) is 17.8 Å². The summed E-state index contributed by atoms with van der Waals surface area (Å²) in [6.45, 7) is 0. The molecule has 1 aromatic rings.